The summed E-state index contributed by atoms with van der Waals surface area (Å²) < 4.78 is 0. The topological polar surface area (TPSA) is 71.6 Å². The van der Waals surface area contributed by atoms with Gasteiger partial charge in [-0.15, -0.1) is 0 Å². The van der Waals surface area contributed by atoms with E-state index >= 15 is 0 Å². The van der Waals surface area contributed by atoms with Crippen LogP contribution in [0.2, 0.25) is 0 Å². The summed E-state index contributed by atoms with van der Waals surface area (Å²) in [7, 11) is 0. The molecule has 0 aromatic rings. The van der Waals surface area contributed by atoms with Gasteiger partial charge in [-0.2, -0.15) is 10.5 Å². The summed E-state index contributed by atoms with van der Waals surface area (Å²) in [5.74, 6) is 0. The first kappa shape index (κ1) is 11.0. The molecule has 0 radical (unpaired) electrons. The molecule has 1 rings (SSSR count). The molecule has 14 heavy (non-hydrogen) atoms. The average Bonchev–Trinajstić information content (AvgIpc) is 2.62. The minimum atomic E-state index is -0.663. The Hall–Kier alpha value is -1.10. The normalized spacial score (nSPS) is 30.9. The summed E-state index contributed by atoms with van der Waals surface area (Å²) in [5.41, 5.74) is -0.663. The first-order chi connectivity index (χ1) is 6.79. The largest absolute Gasteiger partial charge is 0.287 e. The highest BCUT2D eigenvalue weighted by Crippen LogP contribution is 2.21. The SMILES string of the molecule is CCCCCC1(C#N)NCNC1C#N. The van der Waals surface area contributed by atoms with Gasteiger partial charge >= 0.3 is 0 Å². The van der Waals surface area contributed by atoms with Crippen molar-refractivity contribution in [2.75, 3.05) is 6.67 Å². The monoisotopic (exact) mass is 192 g/mol. The van der Waals surface area contributed by atoms with Gasteiger partial charge in [0.2, 0.25) is 0 Å². The fourth-order valence-corrected chi connectivity index (χ4v) is 1.79. The Morgan fingerprint density at radius 1 is 1.43 bits per heavy atom. The number of nitriles is 2. The van der Waals surface area contributed by atoms with Gasteiger partial charge in [0.1, 0.15) is 11.6 Å². The van der Waals surface area contributed by atoms with E-state index in [0.717, 1.165) is 25.7 Å². The van der Waals surface area contributed by atoms with E-state index in [1.807, 2.05) is 0 Å². The Bertz CT molecular complexity index is 262. The molecule has 0 spiro atoms. The van der Waals surface area contributed by atoms with Crippen molar-refractivity contribution in [2.45, 2.75) is 44.2 Å². The summed E-state index contributed by atoms with van der Waals surface area (Å²) in [6.07, 6.45) is 3.99. The molecule has 1 saturated heterocycles. The highest BCUT2D eigenvalue weighted by atomic mass is 15.2. The van der Waals surface area contributed by atoms with E-state index in [1.54, 1.807) is 0 Å². The van der Waals surface area contributed by atoms with Crippen LogP contribution in [0.1, 0.15) is 32.6 Å². The molecule has 1 aliphatic heterocycles. The number of rotatable bonds is 4. The Morgan fingerprint density at radius 3 is 2.79 bits per heavy atom. The van der Waals surface area contributed by atoms with E-state index in [1.165, 1.54) is 0 Å². The lowest BCUT2D eigenvalue weighted by Gasteiger charge is -2.23. The second kappa shape index (κ2) is 4.95. The highest BCUT2D eigenvalue weighted by Gasteiger charge is 2.42. The molecule has 0 aromatic heterocycles. The Labute approximate surface area is 84.9 Å². The van der Waals surface area contributed by atoms with E-state index < -0.39 is 5.54 Å². The van der Waals surface area contributed by atoms with E-state index in [9.17, 15) is 0 Å². The van der Waals surface area contributed by atoms with Gasteiger partial charge in [0.15, 0.2) is 0 Å². The van der Waals surface area contributed by atoms with E-state index in [-0.39, 0.29) is 6.04 Å². The van der Waals surface area contributed by atoms with Crippen LogP contribution in [0.25, 0.3) is 0 Å². The van der Waals surface area contributed by atoms with Crippen LogP contribution >= 0.6 is 0 Å². The third-order valence-corrected chi connectivity index (χ3v) is 2.71. The van der Waals surface area contributed by atoms with E-state index in [2.05, 4.69) is 29.7 Å². The molecule has 4 heteroatoms. The molecule has 0 aromatic carbocycles. The molecule has 0 amide bonds. The van der Waals surface area contributed by atoms with E-state index in [0.29, 0.717) is 6.67 Å². The standard InChI is InChI=1S/C10H16N4/c1-2-3-4-5-10(7-12)9(6-11)13-8-14-10/h9,13-14H,2-5,8H2,1H3. The van der Waals surface area contributed by atoms with Crippen LogP contribution in [0.5, 0.6) is 0 Å². The van der Waals surface area contributed by atoms with Gasteiger partial charge < -0.3 is 0 Å². The van der Waals surface area contributed by atoms with Gasteiger partial charge in [-0.3, -0.25) is 10.6 Å². The van der Waals surface area contributed by atoms with Crippen molar-refractivity contribution in [1.29, 1.82) is 10.5 Å². The van der Waals surface area contributed by atoms with Gasteiger partial charge in [0.25, 0.3) is 0 Å². The molecular weight excluding hydrogens is 176 g/mol. The molecule has 2 atom stereocenters. The molecule has 0 aliphatic carbocycles. The number of nitrogens with one attached hydrogen (secondary N) is 2. The molecule has 0 bridgehead atoms. The third-order valence-electron chi connectivity index (χ3n) is 2.71. The lowest BCUT2D eigenvalue weighted by molar-refractivity contribution is 0.411. The van der Waals surface area contributed by atoms with Crippen LogP contribution in [0.4, 0.5) is 0 Å². The average molecular weight is 192 g/mol. The maximum atomic E-state index is 9.11. The molecular formula is C10H16N4. The summed E-state index contributed by atoms with van der Waals surface area (Å²) in [5, 5.41) is 24.1. The predicted octanol–water partition coefficient (Wildman–Crippen LogP) is 0.872. The summed E-state index contributed by atoms with van der Waals surface area (Å²) in [6.45, 7) is 2.68. The smallest absolute Gasteiger partial charge is 0.136 e. The van der Waals surface area contributed by atoms with Gasteiger partial charge in [-0.1, -0.05) is 26.2 Å². The van der Waals surface area contributed by atoms with Gasteiger partial charge in [-0.25, -0.2) is 0 Å². The lowest BCUT2D eigenvalue weighted by Crippen LogP contribution is -2.47. The van der Waals surface area contributed by atoms with Crippen molar-refractivity contribution in [3.05, 3.63) is 0 Å². The molecule has 1 aliphatic rings. The molecule has 76 valence electrons. The van der Waals surface area contributed by atoms with Crippen molar-refractivity contribution in [1.82, 2.24) is 10.6 Å². The second-order valence-corrected chi connectivity index (χ2v) is 3.66. The Balaban J connectivity index is 2.58. The lowest BCUT2D eigenvalue weighted by atomic mass is 9.88. The van der Waals surface area contributed by atoms with Crippen LogP contribution in [0.3, 0.4) is 0 Å². The van der Waals surface area contributed by atoms with Gasteiger partial charge in [-0.05, 0) is 6.42 Å². The Morgan fingerprint density at radius 2 is 2.21 bits per heavy atom. The minimum absolute atomic E-state index is 0.371. The van der Waals surface area contributed by atoms with Crippen molar-refractivity contribution in [2.24, 2.45) is 0 Å². The van der Waals surface area contributed by atoms with Crippen LogP contribution < -0.4 is 10.6 Å². The number of nitrogens with zero attached hydrogens (tertiary/aromatic N) is 2. The molecule has 4 nitrogen and oxygen atoms in total. The third kappa shape index (κ3) is 2.04. The first-order valence-electron chi connectivity index (χ1n) is 5.08. The maximum Gasteiger partial charge on any atom is 0.136 e. The molecule has 1 heterocycles. The number of unbranched alkanes of at least 4 members (excludes halogenated alkanes) is 2. The summed E-state index contributed by atoms with van der Waals surface area (Å²) in [4.78, 5) is 0. The Kier molecular flexibility index (Phi) is 3.88. The van der Waals surface area contributed by atoms with Crippen LogP contribution in [0, 0.1) is 22.7 Å². The van der Waals surface area contributed by atoms with Crippen LogP contribution in [-0.2, 0) is 0 Å². The summed E-state index contributed by atoms with van der Waals surface area (Å²) >= 11 is 0. The minimum Gasteiger partial charge on any atom is -0.287 e. The molecule has 2 unspecified atom stereocenters. The molecule has 0 saturated carbocycles. The van der Waals surface area contributed by atoms with E-state index in [4.69, 9.17) is 10.5 Å². The van der Waals surface area contributed by atoms with Crippen molar-refractivity contribution in [3.63, 3.8) is 0 Å². The fourth-order valence-electron chi connectivity index (χ4n) is 1.79. The zero-order chi connectivity index (χ0) is 10.4. The molecule has 1 fully saturated rings. The van der Waals surface area contributed by atoms with Crippen molar-refractivity contribution >= 4 is 0 Å². The molecule has 2 N–H and O–H groups in total. The maximum absolute atomic E-state index is 9.11. The quantitative estimate of drug-likeness (QED) is 0.648. The summed E-state index contributed by atoms with van der Waals surface area (Å²) in [6, 6.07) is 4.01. The zero-order valence-electron chi connectivity index (χ0n) is 8.51. The van der Waals surface area contributed by atoms with Crippen molar-refractivity contribution < 1.29 is 0 Å². The number of hydrogen-bond donors (Lipinski definition) is 2. The first-order valence-corrected chi connectivity index (χ1v) is 5.08. The fraction of sp³-hybridized carbons (Fsp3) is 0.800. The van der Waals surface area contributed by atoms with Crippen LogP contribution in [-0.4, -0.2) is 18.2 Å². The van der Waals surface area contributed by atoms with Crippen LogP contribution in [0.15, 0.2) is 0 Å². The number of hydrogen-bond acceptors (Lipinski definition) is 4. The van der Waals surface area contributed by atoms with Crippen molar-refractivity contribution in [3.8, 4) is 12.1 Å². The van der Waals surface area contributed by atoms with Gasteiger partial charge in [0.05, 0.1) is 12.1 Å². The highest BCUT2D eigenvalue weighted by molar-refractivity contribution is 5.23. The zero-order valence-corrected chi connectivity index (χ0v) is 8.51. The second-order valence-electron chi connectivity index (χ2n) is 3.66. The predicted molar refractivity (Wildman–Crippen MR) is 53.0 cm³/mol. The van der Waals surface area contributed by atoms with Gasteiger partial charge in [0, 0.05) is 6.67 Å².